The maximum atomic E-state index is 5.40. The molecule has 1 rings (SSSR count). The molecule has 5 heteroatoms. The average Bonchev–Trinajstić information content (AvgIpc) is 2.65. The van der Waals surface area contributed by atoms with Gasteiger partial charge in [-0.3, -0.25) is 4.68 Å². The summed E-state index contributed by atoms with van der Waals surface area (Å²) in [6, 6.07) is 0. The van der Waals surface area contributed by atoms with Crippen LogP contribution < -0.4 is 5.32 Å². The average molecular weight is 241 g/mol. The van der Waals surface area contributed by atoms with Crippen LogP contribution in [0, 0.1) is 6.92 Å². The predicted octanol–water partition coefficient (Wildman–Crippen LogP) is 0.964. The van der Waals surface area contributed by atoms with Crippen molar-refractivity contribution in [3.63, 3.8) is 0 Å². The van der Waals surface area contributed by atoms with E-state index in [-0.39, 0.29) is 0 Å². The van der Waals surface area contributed by atoms with Gasteiger partial charge in [0.1, 0.15) is 0 Å². The van der Waals surface area contributed by atoms with Crippen molar-refractivity contribution in [2.75, 3.05) is 34.0 Å². The number of methoxy groups -OCH3 is 1. The van der Waals surface area contributed by atoms with Crippen molar-refractivity contribution in [1.29, 1.82) is 0 Å². The summed E-state index contributed by atoms with van der Waals surface area (Å²) in [7, 11) is 3.62. The summed E-state index contributed by atoms with van der Waals surface area (Å²) < 4.78 is 12.3. The molecule has 0 aromatic carbocycles. The Kier molecular flexibility index (Phi) is 6.84. The predicted molar refractivity (Wildman–Crippen MR) is 67.0 cm³/mol. The second kappa shape index (κ2) is 8.22. The van der Waals surface area contributed by atoms with Crippen molar-refractivity contribution in [1.82, 2.24) is 15.1 Å². The fourth-order valence-electron chi connectivity index (χ4n) is 1.61. The Bertz CT molecular complexity index is 313. The standard InChI is InChI=1S/C12H23N3O2/c1-11-12(9-13-2)10-15(14-11)5-4-6-17-8-7-16-3/h10,13H,4-9H2,1-3H3. The van der Waals surface area contributed by atoms with E-state index >= 15 is 0 Å². The number of hydrogen-bond acceptors (Lipinski definition) is 4. The smallest absolute Gasteiger partial charge is 0.0700 e. The van der Waals surface area contributed by atoms with E-state index in [2.05, 4.69) is 16.6 Å². The fraction of sp³-hybridized carbons (Fsp3) is 0.750. The third-order valence-electron chi connectivity index (χ3n) is 2.52. The van der Waals surface area contributed by atoms with Crippen LogP contribution in [0.1, 0.15) is 17.7 Å². The first-order valence-corrected chi connectivity index (χ1v) is 6.02. The lowest BCUT2D eigenvalue weighted by Gasteiger charge is -2.03. The Hall–Kier alpha value is -0.910. The third kappa shape index (κ3) is 5.30. The van der Waals surface area contributed by atoms with Crippen molar-refractivity contribution in [3.05, 3.63) is 17.5 Å². The van der Waals surface area contributed by atoms with Crippen LogP contribution in [-0.4, -0.2) is 43.8 Å². The van der Waals surface area contributed by atoms with E-state index < -0.39 is 0 Å². The van der Waals surface area contributed by atoms with Crippen molar-refractivity contribution in [3.8, 4) is 0 Å². The molecule has 1 heterocycles. The van der Waals surface area contributed by atoms with E-state index in [1.165, 1.54) is 5.56 Å². The summed E-state index contributed by atoms with van der Waals surface area (Å²) in [4.78, 5) is 0. The first-order chi connectivity index (χ1) is 8.27. The van der Waals surface area contributed by atoms with Gasteiger partial charge < -0.3 is 14.8 Å². The SMILES string of the molecule is CNCc1cn(CCCOCCOC)nc1C. The Morgan fingerprint density at radius 1 is 1.35 bits per heavy atom. The normalized spacial score (nSPS) is 11.0. The molecule has 0 spiro atoms. The summed E-state index contributed by atoms with van der Waals surface area (Å²) in [5, 5.41) is 7.60. The lowest BCUT2D eigenvalue weighted by Crippen LogP contribution is -2.07. The summed E-state index contributed by atoms with van der Waals surface area (Å²) in [6.45, 7) is 5.89. The highest BCUT2D eigenvalue weighted by atomic mass is 16.5. The summed E-state index contributed by atoms with van der Waals surface area (Å²) in [5.41, 5.74) is 2.35. The van der Waals surface area contributed by atoms with E-state index in [1.54, 1.807) is 7.11 Å². The first kappa shape index (κ1) is 14.2. The quantitative estimate of drug-likeness (QED) is 0.654. The molecule has 17 heavy (non-hydrogen) atoms. The van der Waals surface area contributed by atoms with Gasteiger partial charge in [-0.1, -0.05) is 0 Å². The van der Waals surface area contributed by atoms with Crippen LogP contribution in [0.2, 0.25) is 0 Å². The van der Waals surface area contributed by atoms with E-state index in [0.29, 0.717) is 13.2 Å². The number of rotatable bonds is 9. The van der Waals surface area contributed by atoms with Gasteiger partial charge in [-0.25, -0.2) is 0 Å². The van der Waals surface area contributed by atoms with Gasteiger partial charge in [-0.2, -0.15) is 5.10 Å². The molecule has 0 bridgehead atoms. The number of nitrogens with zero attached hydrogens (tertiary/aromatic N) is 2. The van der Waals surface area contributed by atoms with Gasteiger partial charge >= 0.3 is 0 Å². The van der Waals surface area contributed by atoms with Gasteiger partial charge in [0.05, 0.1) is 18.9 Å². The fourth-order valence-corrected chi connectivity index (χ4v) is 1.61. The Morgan fingerprint density at radius 3 is 2.88 bits per heavy atom. The van der Waals surface area contributed by atoms with Gasteiger partial charge in [0.25, 0.3) is 0 Å². The van der Waals surface area contributed by atoms with Crippen LogP contribution >= 0.6 is 0 Å². The maximum Gasteiger partial charge on any atom is 0.0700 e. The minimum atomic E-state index is 0.660. The van der Waals surface area contributed by atoms with Crippen LogP contribution in [-0.2, 0) is 22.6 Å². The van der Waals surface area contributed by atoms with Gasteiger partial charge in [0, 0.05) is 38.6 Å². The molecule has 0 amide bonds. The molecule has 0 saturated heterocycles. The number of aryl methyl sites for hydroxylation is 2. The van der Waals surface area contributed by atoms with Crippen LogP contribution in [0.25, 0.3) is 0 Å². The monoisotopic (exact) mass is 241 g/mol. The molecular weight excluding hydrogens is 218 g/mol. The van der Waals surface area contributed by atoms with Crippen LogP contribution in [0.4, 0.5) is 0 Å². The minimum Gasteiger partial charge on any atom is -0.382 e. The molecule has 1 aromatic rings. The molecule has 1 N–H and O–H groups in total. The zero-order valence-corrected chi connectivity index (χ0v) is 11.0. The second-order valence-corrected chi connectivity index (χ2v) is 3.99. The second-order valence-electron chi connectivity index (χ2n) is 3.99. The van der Waals surface area contributed by atoms with Crippen LogP contribution in [0.5, 0.6) is 0 Å². The molecule has 98 valence electrons. The highest BCUT2D eigenvalue weighted by molar-refractivity contribution is 5.14. The van der Waals surface area contributed by atoms with Gasteiger partial charge in [0.2, 0.25) is 0 Å². The van der Waals surface area contributed by atoms with E-state index in [9.17, 15) is 0 Å². The van der Waals surface area contributed by atoms with Crippen LogP contribution in [0.3, 0.4) is 0 Å². The molecule has 0 unspecified atom stereocenters. The number of aromatic nitrogens is 2. The highest BCUT2D eigenvalue weighted by Gasteiger charge is 2.03. The number of ether oxygens (including phenoxy) is 2. The van der Waals surface area contributed by atoms with Crippen molar-refractivity contribution in [2.24, 2.45) is 0 Å². The largest absolute Gasteiger partial charge is 0.382 e. The zero-order chi connectivity index (χ0) is 12.5. The van der Waals surface area contributed by atoms with Crippen molar-refractivity contribution >= 4 is 0 Å². The van der Waals surface area contributed by atoms with Gasteiger partial charge in [-0.15, -0.1) is 0 Å². The molecule has 5 nitrogen and oxygen atoms in total. The summed E-state index contributed by atoms with van der Waals surface area (Å²) >= 11 is 0. The minimum absolute atomic E-state index is 0.660. The maximum absolute atomic E-state index is 5.40. The number of hydrogen-bond donors (Lipinski definition) is 1. The van der Waals surface area contributed by atoms with Crippen molar-refractivity contribution < 1.29 is 9.47 Å². The van der Waals surface area contributed by atoms with E-state index in [4.69, 9.17) is 9.47 Å². The molecule has 0 aliphatic carbocycles. The molecule has 0 fully saturated rings. The number of nitrogens with one attached hydrogen (secondary N) is 1. The molecule has 0 saturated carbocycles. The van der Waals surface area contributed by atoms with E-state index in [0.717, 1.165) is 31.8 Å². The first-order valence-electron chi connectivity index (χ1n) is 6.02. The van der Waals surface area contributed by atoms with E-state index in [1.807, 2.05) is 18.7 Å². The third-order valence-corrected chi connectivity index (χ3v) is 2.52. The molecule has 0 aliphatic rings. The topological polar surface area (TPSA) is 48.3 Å². The molecule has 0 atom stereocenters. The van der Waals surface area contributed by atoms with Crippen LogP contribution in [0.15, 0.2) is 6.20 Å². The molecule has 1 aromatic heterocycles. The lowest BCUT2D eigenvalue weighted by atomic mass is 10.3. The Balaban J connectivity index is 2.20. The highest BCUT2D eigenvalue weighted by Crippen LogP contribution is 2.05. The summed E-state index contributed by atoms with van der Waals surface area (Å²) in [6.07, 6.45) is 3.07. The lowest BCUT2D eigenvalue weighted by molar-refractivity contribution is 0.0677. The summed E-state index contributed by atoms with van der Waals surface area (Å²) in [5.74, 6) is 0. The molecule has 0 aliphatic heterocycles. The van der Waals surface area contributed by atoms with Gasteiger partial charge in [0.15, 0.2) is 0 Å². The molecular formula is C12H23N3O2. The zero-order valence-electron chi connectivity index (χ0n) is 11.0. The van der Waals surface area contributed by atoms with Crippen molar-refractivity contribution in [2.45, 2.75) is 26.4 Å². The Labute approximate surface area is 103 Å². The van der Waals surface area contributed by atoms with Gasteiger partial charge in [-0.05, 0) is 20.4 Å². The Morgan fingerprint density at radius 2 is 2.18 bits per heavy atom. The molecule has 0 radical (unpaired) electrons.